The normalized spacial score (nSPS) is 10.6. The van der Waals surface area contributed by atoms with Crippen molar-refractivity contribution >= 4 is 11.3 Å². The SMILES string of the molecule is Nc1cc(F)cn2ccnc12. The molecular weight excluding hydrogens is 145 g/mol. The van der Waals surface area contributed by atoms with Crippen LogP contribution in [-0.4, -0.2) is 9.38 Å². The molecule has 2 N–H and O–H groups in total. The number of imidazole rings is 1. The number of hydrogen-bond donors (Lipinski definition) is 1. The van der Waals surface area contributed by atoms with E-state index >= 15 is 0 Å². The van der Waals surface area contributed by atoms with Crippen LogP contribution in [-0.2, 0) is 0 Å². The number of rotatable bonds is 0. The van der Waals surface area contributed by atoms with Crippen LogP contribution in [0, 0.1) is 5.82 Å². The highest BCUT2D eigenvalue weighted by Crippen LogP contribution is 2.12. The zero-order chi connectivity index (χ0) is 7.84. The highest BCUT2D eigenvalue weighted by atomic mass is 19.1. The Morgan fingerprint density at radius 3 is 3.18 bits per heavy atom. The second kappa shape index (κ2) is 1.95. The summed E-state index contributed by atoms with van der Waals surface area (Å²) >= 11 is 0. The third-order valence-electron chi connectivity index (χ3n) is 1.48. The van der Waals surface area contributed by atoms with E-state index in [1.165, 1.54) is 12.3 Å². The molecular formula is C7H6FN3. The highest BCUT2D eigenvalue weighted by Gasteiger charge is 2.00. The summed E-state index contributed by atoms with van der Waals surface area (Å²) in [4.78, 5) is 3.93. The molecule has 0 radical (unpaired) electrons. The van der Waals surface area contributed by atoms with Crippen molar-refractivity contribution in [1.82, 2.24) is 9.38 Å². The van der Waals surface area contributed by atoms with Gasteiger partial charge in [-0.05, 0) is 0 Å². The fourth-order valence-corrected chi connectivity index (χ4v) is 1.02. The summed E-state index contributed by atoms with van der Waals surface area (Å²) in [5.41, 5.74) is 6.42. The van der Waals surface area contributed by atoms with Gasteiger partial charge in [0, 0.05) is 24.7 Å². The molecule has 0 saturated heterocycles. The lowest BCUT2D eigenvalue weighted by Gasteiger charge is -1.96. The van der Waals surface area contributed by atoms with Crippen LogP contribution < -0.4 is 5.73 Å². The lowest BCUT2D eigenvalue weighted by molar-refractivity contribution is 0.620. The topological polar surface area (TPSA) is 43.3 Å². The molecule has 0 aromatic carbocycles. The minimum Gasteiger partial charge on any atom is -0.396 e. The number of nitrogens with zero attached hydrogens (tertiary/aromatic N) is 2. The molecule has 0 aliphatic carbocycles. The average Bonchev–Trinajstić information content (AvgIpc) is 2.34. The van der Waals surface area contributed by atoms with Crippen LogP contribution in [0.5, 0.6) is 0 Å². The van der Waals surface area contributed by atoms with Gasteiger partial charge >= 0.3 is 0 Å². The molecule has 56 valence electrons. The molecule has 2 rings (SSSR count). The highest BCUT2D eigenvalue weighted by molar-refractivity contribution is 5.63. The number of hydrogen-bond acceptors (Lipinski definition) is 2. The van der Waals surface area contributed by atoms with Crippen LogP contribution in [0.3, 0.4) is 0 Å². The quantitative estimate of drug-likeness (QED) is 0.611. The molecule has 0 aliphatic heterocycles. The standard InChI is InChI=1S/C7H6FN3/c8-5-3-6(9)7-10-1-2-11(7)4-5/h1-4H,9H2. The van der Waals surface area contributed by atoms with Crippen molar-refractivity contribution in [1.29, 1.82) is 0 Å². The zero-order valence-electron chi connectivity index (χ0n) is 5.66. The average molecular weight is 151 g/mol. The second-order valence-corrected chi connectivity index (χ2v) is 2.27. The van der Waals surface area contributed by atoms with Crippen molar-refractivity contribution < 1.29 is 4.39 Å². The van der Waals surface area contributed by atoms with Crippen molar-refractivity contribution in [2.75, 3.05) is 5.73 Å². The Kier molecular flexibility index (Phi) is 1.09. The Labute approximate surface area is 62.3 Å². The third-order valence-corrected chi connectivity index (χ3v) is 1.48. The Bertz CT molecular complexity index is 393. The molecule has 4 heteroatoms. The first-order chi connectivity index (χ1) is 5.27. The summed E-state index contributed by atoms with van der Waals surface area (Å²) in [6.45, 7) is 0. The molecule has 11 heavy (non-hydrogen) atoms. The third kappa shape index (κ3) is 0.832. The maximum absolute atomic E-state index is 12.6. The number of aromatic nitrogens is 2. The van der Waals surface area contributed by atoms with Gasteiger partial charge in [-0.3, -0.25) is 0 Å². The van der Waals surface area contributed by atoms with Crippen molar-refractivity contribution in [2.45, 2.75) is 0 Å². The van der Waals surface area contributed by atoms with E-state index < -0.39 is 0 Å². The Morgan fingerprint density at radius 2 is 2.36 bits per heavy atom. The lowest BCUT2D eigenvalue weighted by atomic mass is 10.4. The number of halogens is 1. The molecule has 0 amide bonds. The molecule has 0 atom stereocenters. The Hall–Kier alpha value is -1.58. The summed E-state index contributed by atoms with van der Waals surface area (Å²) in [6.07, 6.45) is 4.55. The predicted octanol–water partition coefficient (Wildman–Crippen LogP) is 1.06. The van der Waals surface area contributed by atoms with Crippen LogP contribution >= 0.6 is 0 Å². The maximum atomic E-state index is 12.6. The van der Waals surface area contributed by atoms with Gasteiger partial charge < -0.3 is 10.1 Å². The van der Waals surface area contributed by atoms with E-state index in [9.17, 15) is 4.39 Å². The van der Waals surface area contributed by atoms with Gasteiger partial charge in [-0.1, -0.05) is 0 Å². The molecule has 0 fully saturated rings. The van der Waals surface area contributed by atoms with Gasteiger partial charge in [0.1, 0.15) is 5.82 Å². The van der Waals surface area contributed by atoms with Gasteiger partial charge in [-0.2, -0.15) is 0 Å². The molecule has 3 nitrogen and oxygen atoms in total. The van der Waals surface area contributed by atoms with E-state index in [1.807, 2.05) is 0 Å². The van der Waals surface area contributed by atoms with Crippen LogP contribution in [0.4, 0.5) is 10.1 Å². The number of nitrogen functional groups attached to an aromatic ring is 1. The zero-order valence-corrected chi connectivity index (χ0v) is 5.66. The maximum Gasteiger partial charge on any atom is 0.160 e. The van der Waals surface area contributed by atoms with Crippen LogP contribution in [0.1, 0.15) is 0 Å². The van der Waals surface area contributed by atoms with E-state index in [0.29, 0.717) is 11.3 Å². The molecule has 0 bridgehead atoms. The summed E-state index contributed by atoms with van der Waals surface area (Å²) in [5, 5.41) is 0. The molecule has 0 aliphatic rings. The van der Waals surface area contributed by atoms with Crippen molar-refractivity contribution in [3.63, 3.8) is 0 Å². The van der Waals surface area contributed by atoms with E-state index in [4.69, 9.17) is 5.73 Å². The largest absolute Gasteiger partial charge is 0.396 e. The minimum atomic E-state index is -0.354. The van der Waals surface area contributed by atoms with E-state index in [-0.39, 0.29) is 5.82 Å². The monoisotopic (exact) mass is 151 g/mol. The first-order valence-electron chi connectivity index (χ1n) is 3.15. The van der Waals surface area contributed by atoms with Crippen LogP contribution in [0.2, 0.25) is 0 Å². The fourth-order valence-electron chi connectivity index (χ4n) is 1.02. The molecule has 0 spiro atoms. The minimum absolute atomic E-state index is 0.354. The molecule has 0 saturated carbocycles. The molecule has 2 aromatic rings. The second-order valence-electron chi connectivity index (χ2n) is 2.27. The molecule has 0 unspecified atom stereocenters. The smallest absolute Gasteiger partial charge is 0.160 e. The number of pyridine rings is 1. The summed E-state index contributed by atoms with van der Waals surface area (Å²) in [6, 6.07) is 1.25. The lowest BCUT2D eigenvalue weighted by Crippen LogP contribution is -1.93. The fraction of sp³-hybridized carbons (Fsp3) is 0. The predicted molar refractivity (Wildman–Crippen MR) is 39.6 cm³/mol. The van der Waals surface area contributed by atoms with Gasteiger partial charge in [0.05, 0.1) is 5.69 Å². The van der Waals surface area contributed by atoms with Gasteiger partial charge in [-0.15, -0.1) is 0 Å². The molecule has 2 aromatic heterocycles. The van der Waals surface area contributed by atoms with E-state index in [2.05, 4.69) is 4.98 Å². The van der Waals surface area contributed by atoms with Crippen molar-refractivity contribution in [2.24, 2.45) is 0 Å². The summed E-state index contributed by atoms with van der Waals surface area (Å²) in [5.74, 6) is -0.354. The Balaban J connectivity index is 2.91. The number of fused-ring (bicyclic) bond motifs is 1. The summed E-state index contributed by atoms with van der Waals surface area (Å²) < 4.78 is 14.2. The van der Waals surface area contributed by atoms with Gasteiger partial charge in [0.25, 0.3) is 0 Å². The first-order valence-corrected chi connectivity index (χ1v) is 3.15. The Morgan fingerprint density at radius 1 is 1.55 bits per heavy atom. The van der Waals surface area contributed by atoms with Gasteiger partial charge in [-0.25, -0.2) is 9.37 Å². The summed E-state index contributed by atoms with van der Waals surface area (Å²) in [7, 11) is 0. The van der Waals surface area contributed by atoms with E-state index in [1.54, 1.807) is 16.8 Å². The number of nitrogens with two attached hydrogens (primary N) is 1. The molecule has 2 heterocycles. The first kappa shape index (κ1) is 6.15. The van der Waals surface area contributed by atoms with Crippen molar-refractivity contribution in [3.8, 4) is 0 Å². The number of anilines is 1. The van der Waals surface area contributed by atoms with Gasteiger partial charge in [0.2, 0.25) is 0 Å². The van der Waals surface area contributed by atoms with Crippen LogP contribution in [0.15, 0.2) is 24.7 Å². The van der Waals surface area contributed by atoms with Gasteiger partial charge in [0.15, 0.2) is 5.65 Å². The van der Waals surface area contributed by atoms with E-state index in [0.717, 1.165) is 0 Å². The van der Waals surface area contributed by atoms with Crippen LogP contribution in [0.25, 0.3) is 5.65 Å². The van der Waals surface area contributed by atoms with Crippen molar-refractivity contribution in [3.05, 3.63) is 30.5 Å².